The van der Waals surface area contributed by atoms with Gasteiger partial charge in [-0.2, -0.15) is 0 Å². The second-order valence-corrected chi connectivity index (χ2v) is 5.45. The van der Waals surface area contributed by atoms with Crippen LogP contribution < -0.4 is 4.74 Å². The first-order valence-corrected chi connectivity index (χ1v) is 6.98. The molecule has 1 fully saturated rings. The fraction of sp³-hybridized carbons (Fsp3) is 0.500. The first-order chi connectivity index (χ1) is 9.69. The Morgan fingerprint density at radius 1 is 1.45 bits per heavy atom. The molecule has 1 aliphatic heterocycles. The van der Waals surface area contributed by atoms with Crippen molar-refractivity contribution in [2.45, 2.75) is 18.6 Å². The van der Waals surface area contributed by atoms with E-state index in [0.29, 0.717) is 17.9 Å². The third-order valence-electron chi connectivity index (χ3n) is 3.94. The molecule has 108 valence electrons. The summed E-state index contributed by atoms with van der Waals surface area (Å²) in [4.78, 5) is 3.22. The molecule has 20 heavy (non-hydrogen) atoms. The number of ether oxygens (including phenoxy) is 3. The Morgan fingerprint density at radius 3 is 2.95 bits per heavy atom. The molecule has 1 aliphatic rings. The van der Waals surface area contributed by atoms with Crippen LogP contribution in [0.25, 0.3) is 11.0 Å². The number of benzene rings is 1. The monoisotopic (exact) mass is 294 g/mol. The summed E-state index contributed by atoms with van der Waals surface area (Å²) in [6.45, 7) is 2.00. The number of rotatable bonds is 4. The van der Waals surface area contributed by atoms with Crippen molar-refractivity contribution >= 4 is 23.3 Å². The Balaban J connectivity index is 2.08. The van der Waals surface area contributed by atoms with E-state index in [-0.39, 0.29) is 5.60 Å². The van der Waals surface area contributed by atoms with Crippen LogP contribution in [0.5, 0.6) is 5.75 Å². The average molecular weight is 294 g/mol. The molecule has 0 radical (unpaired) electrons. The van der Waals surface area contributed by atoms with Gasteiger partial charge in [0.2, 0.25) is 0 Å². The van der Waals surface area contributed by atoms with Crippen LogP contribution in [0.2, 0.25) is 0 Å². The highest BCUT2D eigenvalue weighted by atomic mass is 32.1. The number of hydrogen-bond donors (Lipinski definition) is 1. The van der Waals surface area contributed by atoms with E-state index in [2.05, 4.69) is 9.55 Å². The number of nitrogens with zero attached hydrogens (tertiary/aromatic N) is 1. The van der Waals surface area contributed by atoms with Crippen LogP contribution in [0.15, 0.2) is 18.2 Å². The van der Waals surface area contributed by atoms with Crippen molar-refractivity contribution in [3.05, 3.63) is 23.0 Å². The molecule has 6 heteroatoms. The Kier molecular flexibility index (Phi) is 3.54. The van der Waals surface area contributed by atoms with Crippen LogP contribution in [0.3, 0.4) is 0 Å². The summed E-state index contributed by atoms with van der Waals surface area (Å²) in [7, 11) is 3.39. The SMILES string of the molecule is COc1cccc2c1[nH]c(=S)n2CC1(OC)CCOC1. The molecule has 1 N–H and O–H groups in total. The number of para-hydroxylation sites is 1. The van der Waals surface area contributed by atoms with Crippen LogP contribution in [-0.2, 0) is 16.0 Å². The zero-order valence-electron chi connectivity index (χ0n) is 11.6. The Morgan fingerprint density at radius 2 is 2.30 bits per heavy atom. The van der Waals surface area contributed by atoms with Gasteiger partial charge >= 0.3 is 0 Å². The number of imidazole rings is 1. The molecule has 1 unspecified atom stereocenters. The van der Waals surface area contributed by atoms with E-state index >= 15 is 0 Å². The predicted molar refractivity (Wildman–Crippen MR) is 78.9 cm³/mol. The highest BCUT2D eigenvalue weighted by molar-refractivity contribution is 7.71. The van der Waals surface area contributed by atoms with E-state index in [1.54, 1.807) is 14.2 Å². The zero-order valence-corrected chi connectivity index (χ0v) is 12.5. The molecule has 1 atom stereocenters. The van der Waals surface area contributed by atoms with Crippen molar-refractivity contribution in [3.8, 4) is 5.75 Å². The molecule has 0 bridgehead atoms. The Labute approximate surface area is 122 Å². The van der Waals surface area contributed by atoms with E-state index in [1.807, 2.05) is 18.2 Å². The van der Waals surface area contributed by atoms with Gasteiger partial charge in [0, 0.05) is 20.1 Å². The van der Waals surface area contributed by atoms with Crippen LogP contribution >= 0.6 is 12.2 Å². The van der Waals surface area contributed by atoms with Gasteiger partial charge in [-0.05, 0) is 24.4 Å². The third-order valence-corrected chi connectivity index (χ3v) is 4.26. The normalized spacial score (nSPS) is 22.5. The summed E-state index contributed by atoms with van der Waals surface area (Å²) < 4.78 is 19.3. The first-order valence-electron chi connectivity index (χ1n) is 6.57. The lowest BCUT2D eigenvalue weighted by atomic mass is 10.0. The summed E-state index contributed by atoms with van der Waals surface area (Å²) in [6, 6.07) is 5.91. The van der Waals surface area contributed by atoms with Gasteiger partial charge in [0.15, 0.2) is 4.77 Å². The number of fused-ring (bicyclic) bond motifs is 1. The van der Waals surface area contributed by atoms with Crippen molar-refractivity contribution < 1.29 is 14.2 Å². The lowest BCUT2D eigenvalue weighted by molar-refractivity contribution is -0.0290. The number of aromatic nitrogens is 2. The first kappa shape index (κ1) is 13.6. The highest BCUT2D eigenvalue weighted by Crippen LogP contribution is 2.29. The maximum absolute atomic E-state index is 5.70. The van der Waals surface area contributed by atoms with Gasteiger partial charge in [-0.1, -0.05) is 6.07 Å². The number of methoxy groups -OCH3 is 2. The lowest BCUT2D eigenvalue weighted by Crippen LogP contribution is -2.37. The molecule has 0 aliphatic carbocycles. The smallest absolute Gasteiger partial charge is 0.178 e. The summed E-state index contributed by atoms with van der Waals surface area (Å²) >= 11 is 5.45. The van der Waals surface area contributed by atoms with Gasteiger partial charge < -0.3 is 23.8 Å². The fourth-order valence-electron chi connectivity index (χ4n) is 2.71. The van der Waals surface area contributed by atoms with Gasteiger partial charge in [0.05, 0.1) is 25.8 Å². The van der Waals surface area contributed by atoms with Crippen LogP contribution in [0.1, 0.15) is 6.42 Å². The second-order valence-electron chi connectivity index (χ2n) is 5.06. The van der Waals surface area contributed by atoms with E-state index in [4.69, 9.17) is 26.4 Å². The molecule has 0 amide bonds. The van der Waals surface area contributed by atoms with Crippen molar-refractivity contribution in [1.29, 1.82) is 0 Å². The number of aromatic amines is 1. The number of hydrogen-bond acceptors (Lipinski definition) is 4. The van der Waals surface area contributed by atoms with E-state index in [9.17, 15) is 0 Å². The molecule has 5 nitrogen and oxygen atoms in total. The molecule has 0 spiro atoms. The maximum atomic E-state index is 5.70. The molecule has 1 saturated heterocycles. The molecule has 2 aromatic rings. The summed E-state index contributed by atoms with van der Waals surface area (Å²) in [6.07, 6.45) is 0.877. The fourth-order valence-corrected chi connectivity index (χ4v) is 2.97. The standard InChI is InChI=1S/C14H18N2O3S/c1-17-11-5-3-4-10-12(11)15-13(20)16(10)8-14(18-2)6-7-19-9-14/h3-5H,6-9H2,1-2H3,(H,15,20). The minimum absolute atomic E-state index is 0.295. The molecule has 0 saturated carbocycles. The molecule has 1 aromatic heterocycles. The minimum atomic E-state index is -0.295. The van der Waals surface area contributed by atoms with Crippen LogP contribution in [-0.4, -0.2) is 42.6 Å². The van der Waals surface area contributed by atoms with E-state index in [1.165, 1.54) is 0 Å². The maximum Gasteiger partial charge on any atom is 0.178 e. The molecular formula is C14H18N2O3S. The lowest BCUT2D eigenvalue weighted by Gasteiger charge is -2.26. The van der Waals surface area contributed by atoms with Crippen LogP contribution in [0.4, 0.5) is 0 Å². The highest BCUT2D eigenvalue weighted by Gasteiger charge is 2.36. The van der Waals surface area contributed by atoms with E-state index in [0.717, 1.165) is 29.8 Å². The van der Waals surface area contributed by atoms with E-state index < -0.39 is 0 Å². The second kappa shape index (κ2) is 5.20. The van der Waals surface area contributed by atoms with Gasteiger partial charge in [-0.3, -0.25) is 0 Å². The van der Waals surface area contributed by atoms with Crippen molar-refractivity contribution in [1.82, 2.24) is 9.55 Å². The number of H-pyrrole nitrogens is 1. The van der Waals surface area contributed by atoms with Gasteiger partial charge in [0.25, 0.3) is 0 Å². The average Bonchev–Trinajstić information content (AvgIpc) is 3.05. The topological polar surface area (TPSA) is 48.4 Å². The minimum Gasteiger partial charge on any atom is -0.494 e. The van der Waals surface area contributed by atoms with Gasteiger partial charge in [0.1, 0.15) is 16.9 Å². The van der Waals surface area contributed by atoms with Crippen LogP contribution in [0, 0.1) is 4.77 Å². The third kappa shape index (κ3) is 2.13. The largest absolute Gasteiger partial charge is 0.494 e. The summed E-state index contributed by atoms with van der Waals surface area (Å²) in [5.74, 6) is 0.793. The Hall–Kier alpha value is -1.37. The van der Waals surface area contributed by atoms with Crippen molar-refractivity contribution in [3.63, 3.8) is 0 Å². The quantitative estimate of drug-likeness (QED) is 0.880. The summed E-state index contributed by atoms with van der Waals surface area (Å²) in [5.41, 5.74) is 1.65. The molecular weight excluding hydrogens is 276 g/mol. The molecule has 2 heterocycles. The zero-order chi connectivity index (χ0) is 14.2. The molecule has 3 rings (SSSR count). The van der Waals surface area contributed by atoms with Crippen molar-refractivity contribution in [2.24, 2.45) is 0 Å². The Bertz CT molecular complexity index is 671. The van der Waals surface area contributed by atoms with Gasteiger partial charge in [-0.25, -0.2) is 0 Å². The number of nitrogens with one attached hydrogen (secondary N) is 1. The molecule has 1 aromatic carbocycles. The van der Waals surface area contributed by atoms with Gasteiger partial charge in [-0.15, -0.1) is 0 Å². The summed E-state index contributed by atoms with van der Waals surface area (Å²) in [5, 5.41) is 0. The van der Waals surface area contributed by atoms with Crippen molar-refractivity contribution in [2.75, 3.05) is 27.4 Å². The predicted octanol–water partition coefficient (Wildman–Crippen LogP) is 2.51.